The lowest BCUT2D eigenvalue weighted by molar-refractivity contribution is -0.389. The van der Waals surface area contributed by atoms with Gasteiger partial charge in [0.25, 0.3) is 6.01 Å². The summed E-state index contributed by atoms with van der Waals surface area (Å²) < 4.78 is 7.48. The molecule has 0 N–H and O–H groups in total. The van der Waals surface area contributed by atoms with Gasteiger partial charge < -0.3 is 19.4 Å². The molecule has 1 saturated heterocycles. The Kier molecular flexibility index (Phi) is 3.22. The van der Waals surface area contributed by atoms with E-state index in [9.17, 15) is 10.1 Å². The predicted octanol–water partition coefficient (Wildman–Crippen LogP) is 2.77. The van der Waals surface area contributed by atoms with Gasteiger partial charge in [0.05, 0.1) is 23.4 Å². The van der Waals surface area contributed by atoms with E-state index in [1.807, 2.05) is 24.3 Å². The quantitative estimate of drug-likeness (QED) is 0.545. The van der Waals surface area contributed by atoms with Crippen LogP contribution in [0.3, 0.4) is 0 Å². The molecule has 0 atom stereocenters. The molecule has 0 unspecified atom stereocenters. The molecule has 3 aromatic rings. The Morgan fingerprint density at radius 2 is 2.00 bits per heavy atom. The van der Waals surface area contributed by atoms with Gasteiger partial charge in [-0.05, 0) is 29.9 Å². The van der Waals surface area contributed by atoms with Crippen LogP contribution in [-0.2, 0) is 0 Å². The minimum absolute atomic E-state index is 0.105. The zero-order valence-electron chi connectivity index (χ0n) is 12.3. The second-order valence-corrected chi connectivity index (χ2v) is 5.59. The minimum atomic E-state index is -0.468. The smallest absolute Gasteiger partial charge is 0.389 e. The molecular weight excluding hydrogens is 298 g/mol. The number of hydrogen-bond donors (Lipinski definition) is 0. The summed E-state index contributed by atoms with van der Waals surface area (Å²) in [6.45, 7) is 1.57. The van der Waals surface area contributed by atoms with Gasteiger partial charge >= 0.3 is 5.82 Å². The minimum Gasteiger partial charge on any atom is -0.423 e. The van der Waals surface area contributed by atoms with Crippen LogP contribution in [0, 0.1) is 10.1 Å². The zero-order chi connectivity index (χ0) is 15.8. The molecule has 0 aliphatic carbocycles. The fourth-order valence-corrected chi connectivity index (χ4v) is 2.95. The first-order chi connectivity index (χ1) is 11.2. The number of oxazole rings is 1. The van der Waals surface area contributed by atoms with Crippen molar-refractivity contribution in [2.24, 2.45) is 0 Å². The van der Waals surface area contributed by atoms with Crippen LogP contribution in [0.25, 0.3) is 11.1 Å². The summed E-state index contributed by atoms with van der Waals surface area (Å²) in [7, 11) is 0. The summed E-state index contributed by atoms with van der Waals surface area (Å²) in [5.41, 5.74) is 1.64. The maximum absolute atomic E-state index is 10.7. The van der Waals surface area contributed by atoms with Crippen LogP contribution >= 0.6 is 0 Å². The van der Waals surface area contributed by atoms with Gasteiger partial charge in [-0.25, -0.2) is 0 Å². The van der Waals surface area contributed by atoms with E-state index in [2.05, 4.69) is 15.0 Å². The van der Waals surface area contributed by atoms with Crippen molar-refractivity contribution in [3.63, 3.8) is 0 Å². The van der Waals surface area contributed by atoms with Crippen LogP contribution in [-0.4, -0.2) is 32.8 Å². The van der Waals surface area contributed by atoms with E-state index in [4.69, 9.17) is 4.42 Å². The molecule has 0 radical (unpaired) electrons. The van der Waals surface area contributed by atoms with Crippen molar-refractivity contribution in [2.45, 2.75) is 18.9 Å². The standard InChI is InChI=1S/C15H15N5O3/c21-20(22)14-7-10-19(17-14)11-5-8-18(9-6-11)15-16-12-3-1-2-4-13(12)23-15/h1-4,7,10-11H,5-6,8-9H2. The molecule has 118 valence electrons. The number of nitro groups is 1. The Balaban J connectivity index is 1.46. The molecule has 0 saturated carbocycles. The lowest BCUT2D eigenvalue weighted by Crippen LogP contribution is -2.35. The van der Waals surface area contributed by atoms with Crippen molar-refractivity contribution in [2.75, 3.05) is 18.0 Å². The summed E-state index contributed by atoms with van der Waals surface area (Å²) in [5.74, 6) is -0.105. The van der Waals surface area contributed by atoms with Crippen molar-refractivity contribution < 1.29 is 9.34 Å². The molecule has 0 amide bonds. The lowest BCUT2D eigenvalue weighted by atomic mass is 10.1. The van der Waals surface area contributed by atoms with Crippen LogP contribution in [0.5, 0.6) is 0 Å². The molecule has 0 bridgehead atoms. The molecule has 1 fully saturated rings. The summed E-state index contributed by atoms with van der Waals surface area (Å²) in [4.78, 5) is 16.9. The highest BCUT2D eigenvalue weighted by Crippen LogP contribution is 2.28. The van der Waals surface area contributed by atoms with Gasteiger partial charge in [-0.15, -0.1) is 0 Å². The number of benzene rings is 1. The third-order valence-corrected chi connectivity index (χ3v) is 4.17. The number of fused-ring (bicyclic) bond motifs is 1. The van der Waals surface area contributed by atoms with Crippen molar-refractivity contribution in [1.29, 1.82) is 0 Å². The Bertz CT molecular complexity index is 815. The van der Waals surface area contributed by atoms with Gasteiger partial charge in [-0.2, -0.15) is 9.67 Å². The highest BCUT2D eigenvalue weighted by molar-refractivity contribution is 5.74. The summed E-state index contributed by atoms with van der Waals surface area (Å²) in [5, 5.41) is 14.7. The van der Waals surface area contributed by atoms with Crippen LogP contribution in [0.15, 0.2) is 40.9 Å². The molecule has 1 aliphatic heterocycles. The van der Waals surface area contributed by atoms with Crippen molar-refractivity contribution in [3.8, 4) is 0 Å². The van der Waals surface area contributed by atoms with Crippen molar-refractivity contribution >= 4 is 22.9 Å². The average molecular weight is 313 g/mol. The summed E-state index contributed by atoms with van der Waals surface area (Å²) >= 11 is 0. The monoisotopic (exact) mass is 313 g/mol. The van der Waals surface area contributed by atoms with Crippen LogP contribution < -0.4 is 4.90 Å². The van der Waals surface area contributed by atoms with E-state index in [0.29, 0.717) is 6.01 Å². The molecule has 8 nitrogen and oxygen atoms in total. The number of anilines is 1. The van der Waals surface area contributed by atoms with E-state index in [1.54, 1.807) is 10.9 Å². The Hall–Kier alpha value is -2.90. The van der Waals surface area contributed by atoms with Crippen LogP contribution in [0.1, 0.15) is 18.9 Å². The zero-order valence-corrected chi connectivity index (χ0v) is 12.3. The molecule has 4 rings (SSSR count). The second-order valence-electron chi connectivity index (χ2n) is 5.59. The highest BCUT2D eigenvalue weighted by Gasteiger charge is 2.26. The second kappa shape index (κ2) is 5.38. The molecule has 3 heterocycles. The summed E-state index contributed by atoms with van der Waals surface area (Å²) in [6.07, 6.45) is 3.37. The van der Waals surface area contributed by atoms with Gasteiger partial charge in [0.2, 0.25) is 0 Å². The molecule has 1 aromatic carbocycles. The summed E-state index contributed by atoms with van der Waals surface area (Å²) in [6, 6.07) is 9.94. The van der Waals surface area contributed by atoms with E-state index >= 15 is 0 Å². The van der Waals surface area contributed by atoms with Crippen molar-refractivity contribution in [3.05, 3.63) is 46.6 Å². The molecule has 0 spiro atoms. The SMILES string of the molecule is O=[N+]([O-])c1ccn(C2CCN(c3nc4ccccc4o3)CC2)n1. The van der Waals surface area contributed by atoms with Gasteiger partial charge in [-0.1, -0.05) is 12.1 Å². The number of piperidine rings is 1. The van der Waals surface area contributed by atoms with E-state index < -0.39 is 4.92 Å². The van der Waals surface area contributed by atoms with Crippen LogP contribution in [0.4, 0.5) is 11.8 Å². The van der Waals surface area contributed by atoms with E-state index in [-0.39, 0.29) is 11.9 Å². The first-order valence-corrected chi connectivity index (χ1v) is 7.51. The number of aromatic nitrogens is 3. The number of para-hydroxylation sites is 2. The maximum atomic E-state index is 10.7. The molecule has 23 heavy (non-hydrogen) atoms. The lowest BCUT2D eigenvalue weighted by Gasteiger charge is -2.29. The molecule has 1 aliphatic rings. The van der Waals surface area contributed by atoms with Gasteiger partial charge in [0.1, 0.15) is 5.52 Å². The largest absolute Gasteiger partial charge is 0.423 e. The number of hydrogen-bond acceptors (Lipinski definition) is 6. The third kappa shape index (κ3) is 2.52. The Labute approximate surface area is 131 Å². The molecular formula is C15H15N5O3. The predicted molar refractivity (Wildman–Crippen MR) is 83.4 cm³/mol. The van der Waals surface area contributed by atoms with E-state index in [1.165, 1.54) is 6.07 Å². The fraction of sp³-hybridized carbons (Fsp3) is 0.333. The molecule has 2 aromatic heterocycles. The Morgan fingerprint density at radius 3 is 2.70 bits per heavy atom. The van der Waals surface area contributed by atoms with Crippen molar-refractivity contribution in [1.82, 2.24) is 14.8 Å². The van der Waals surface area contributed by atoms with E-state index in [0.717, 1.165) is 37.0 Å². The van der Waals surface area contributed by atoms with Gasteiger partial charge in [-0.3, -0.25) is 0 Å². The first kappa shape index (κ1) is 13.7. The number of nitrogens with zero attached hydrogens (tertiary/aromatic N) is 5. The molecule has 8 heteroatoms. The first-order valence-electron chi connectivity index (χ1n) is 7.51. The Morgan fingerprint density at radius 1 is 1.22 bits per heavy atom. The fourth-order valence-electron chi connectivity index (χ4n) is 2.95. The highest BCUT2D eigenvalue weighted by atomic mass is 16.6. The number of rotatable bonds is 3. The third-order valence-electron chi connectivity index (χ3n) is 4.17. The average Bonchev–Trinajstić information content (AvgIpc) is 3.22. The van der Waals surface area contributed by atoms with Crippen LogP contribution in [0.2, 0.25) is 0 Å². The topological polar surface area (TPSA) is 90.2 Å². The van der Waals surface area contributed by atoms with Gasteiger partial charge in [0, 0.05) is 13.1 Å². The normalized spacial score (nSPS) is 16.1. The van der Waals surface area contributed by atoms with Gasteiger partial charge in [0.15, 0.2) is 5.58 Å². The maximum Gasteiger partial charge on any atom is 0.389 e.